The topological polar surface area (TPSA) is 51.0 Å². The summed E-state index contributed by atoms with van der Waals surface area (Å²) < 4.78 is 5.44. The zero-order valence-corrected chi connectivity index (χ0v) is 13.0. The van der Waals surface area contributed by atoms with Gasteiger partial charge in [-0.3, -0.25) is 0 Å². The van der Waals surface area contributed by atoms with Crippen molar-refractivity contribution in [3.63, 3.8) is 0 Å². The van der Waals surface area contributed by atoms with E-state index in [1.165, 1.54) is 12.0 Å². The fourth-order valence-electron chi connectivity index (χ4n) is 2.79. The zero-order chi connectivity index (χ0) is 14.9. The van der Waals surface area contributed by atoms with Gasteiger partial charge in [-0.05, 0) is 39.2 Å². The summed E-state index contributed by atoms with van der Waals surface area (Å²) in [5.41, 5.74) is 1.31. The molecular weight excluding hydrogens is 262 g/mol. The molecule has 0 aliphatic heterocycles. The summed E-state index contributed by atoms with van der Waals surface area (Å²) in [5.74, 6) is 1.51. The number of hydrogen-bond donors (Lipinski definition) is 1. The van der Waals surface area contributed by atoms with E-state index in [9.17, 15) is 0 Å². The first-order valence-corrected chi connectivity index (χ1v) is 7.63. The Bertz CT molecular complexity index is 594. The molecule has 1 N–H and O–H groups in total. The molecule has 1 saturated carbocycles. The fourth-order valence-corrected chi connectivity index (χ4v) is 2.79. The van der Waals surface area contributed by atoms with Crippen LogP contribution in [-0.4, -0.2) is 15.7 Å². The van der Waals surface area contributed by atoms with Gasteiger partial charge in [-0.1, -0.05) is 41.9 Å². The van der Waals surface area contributed by atoms with Gasteiger partial charge in [0.2, 0.25) is 5.89 Å². The van der Waals surface area contributed by atoms with Gasteiger partial charge < -0.3 is 9.84 Å². The quantitative estimate of drug-likeness (QED) is 0.935. The normalized spacial score (nSPS) is 17.5. The average Bonchev–Trinajstić information content (AvgIpc) is 2.85. The lowest BCUT2D eigenvalue weighted by atomic mass is 9.64. The highest BCUT2D eigenvalue weighted by molar-refractivity contribution is 5.35. The minimum atomic E-state index is -0.0370. The van der Waals surface area contributed by atoms with E-state index in [1.807, 2.05) is 6.07 Å². The molecule has 1 aromatic carbocycles. The van der Waals surface area contributed by atoms with E-state index in [0.29, 0.717) is 12.4 Å². The molecule has 1 aliphatic rings. The summed E-state index contributed by atoms with van der Waals surface area (Å²) in [6, 6.07) is 10.5. The van der Waals surface area contributed by atoms with Gasteiger partial charge in [-0.15, -0.1) is 0 Å². The van der Waals surface area contributed by atoms with E-state index in [2.05, 4.69) is 60.5 Å². The van der Waals surface area contributed by atoms with Crippen LogP contribution in [0.4, 0.5) is 0 Å². The molecule has 4 nitrogen and oxygen atoms in total. The lowest BCUT2D eigenvalue weighted by molar-refractivity contribution is 0.269. The molecule has 112 valence electrons. The second kappa shape index (κ2) is 5.26. The van der Waals surface area contributed by atoms with Crippen molar-refractivity contribution in [2.75, 3.05) is 0 Å². The van der Waals surface area contributed by atoms with E-state index in [4.69, 9.17) is 4.52 Å². The predicted molar refractivity (Wildman–Crippen MR) is 82.0 cm³/mol. The van der Waals surface area contributed by atoms with Crippen molar-refractivity contribution in [1.29, 1.82) is 0 Å². The molecule has 0 atom stereocenters. The second-order valence-corrected chi connectivity index (χ2v) is 6.92. The van der Waals surface area contributed by atoms with Crippen LogP contribution in [0.15, 0.2) is 34.9 Å². The molecule has 3 rings (SSSR count). The highest BCUT2D eigenvalue weighted by atomic mass is 16.5. The summed E-state index contributed by atoms with van der Waals surface area (Å²) in [5, 5.41) is 7.64. The predicted octanol–water partition coefficient (Wildman–Crippen LogP) is 3.43. The van der Waals surface area contributed by atoms with Gasteiger partial charge in [0.15, 0.2) is 5.82 Å². The van der Waals surface area contributed by atoms with Crippen LogP contribution in [0.1, 0.15) is 57.3 Å². The maximum absolute atomic E-state index is 5.44. The maximum Gasteiger partial charge on any atom is 0.240 e. The molecule has 1 aromatic heterocycles. The average molecular weight is 285 g/mol. The van der Waals surface area contributed by atoms with Crippen LogP contribution in [0.5, 0.6) is 0 Å². The monoisotopic (exact) mass is 285 g/mol. The third kappa shape index (κ3) is 2.86. The van der Waals surface area contributed by atoms with Gasteiger partial charge in [-0.25, -0.2) is 0 Å². The summed E-state index contributed by atoms with van der Waals surface area (Å²) in [4.78, 5) is 4.64. The number of aromatic nitrogens is 2. The standard InChI is InChI=1S/C17H23N3O/c1-16(2,3)18-12-14-19-15(20-21-14)17(10-7-11-17)13-8-5-4-6-9-13/h4-6,8-9,18H,7,10-12H2,1-3H3. The Hall–Kier alpha value is -1.68. The first-order valence-electron chi connectivity index (χ1n) is 7.63. The zero-order valence-electron chi connectivity index (χ0n) is 13.0. The Balaban J connectivity index is 1.81. The largest absolute Gasteiger partial charge is 0.338 e. The Morgan fingerprint density at radius 1 is 1.19 bits per heavy atom. The molecule has 0 spiro atoms. The molecule has 0 bridgehead atoms. The van der Waals surface area contributed by atoms with Gasteiger partial charge in [0.1, 0.15) is 0 Å². The lowest BCUT2D eigenvalue weighted by Crippen LogP contribution is -2.37. The van der Waals surface area contributed by atoms with Crippen LogP contribution in [-0.2, 0) is 12.0 Å². The van der Waals surface area contributed by atoms with Gasteiger partial charge in [0, 0.05) is 5.54 Å². The molecule has 1 heterocycles. The van der Waals surface area contributed by atoms with Crippen molar-refractivity contribution in [3.8, 4) is 0 Å². The number of hydrogen-bond acceptors (Lipinski definition) is 4. The minimum Gasteiger partial charge on any atom is -0.338 e. The van der Waals surface area contributed by atoms with E-state index in [0.717, 1.165) is 18.7 Å². The third-order valence-electron chi connectivity index (χ3n) is 4.20. The minimum absolute atomic E-state index is 0.0370. The Kier molecular flexibility index (Phi) is 3.57. The summed E-state index contributed by atoms with van der Waals surface area (Å²) in [6.07, 6.45) is 3.42. The van der Waals surface area contributed by atoms with Crippen LogP contribution < -0.4 is 5.32 Å². The molecule has 2 aromatic rings. The van der Waals surface area contributed by atoms with Crippen LogP contribution in [0.25, 0.3) is 0 Å². The summed E-state index contributed by atoms with van der Waals surface area (Å²) >= 11 is 0. The maximum atomic E-state index is 5.44. The van der Waals surface area contributed by atoms with Crippen molar-refractivity contribution >= 4 is 0 Å². The molecule has 0 saturated heterocycles. The third-order valence-corrected chi connectivity index (χ3v) is 4.20. The van der Waals surface area contributed by atoms with Crippen LogP contribution in [0.3, 0.4) is 0 Å². The Morgan fingerprint density at radius 3 is 2.48 bits per heavy atom. The van der Waals surface area contributed by atoms with Crippen molar-refractivity contribution in [2.24, 2.45) is 0 Å². The summed E-state index contributed by atoms with van der Waals surface area (Å²) in [6.45, 7) is 6.99. The van der Waals surface area contributed by atoms with E-state index >= 15 is 0 Å². The molecular formula is C17H23N3O. The molecule has 0 unspecified atom stereocenters. The number of benzene rings is 1. The van der Waals surface area contributed by atoms with Crippen molar-refractivity contribution in [3.05, 3.63) is 47.6 Å². The first kappa shape index (κ1) is 14.3. The van der Waals surface area contributed by atoms with Gasteiger partial charge >= 0.3 is 0 Å². The molecule has 0 radical (unpaired) electrons. The molecule has 1 aliphatic carbocycles. The molecule has 21 heavy (non-hydrogen) atoms. The number of nitrogens with zero attached hydrogens (tertiary/aromatic N) is 2. The van der Waals surface area contributed by atoms with Crippen LogP contribution in [0, 0.1) is 0 Å². The van der Waals surface area contributed by atoms with Gasteiger partial charge in [-0.2, -0.15) is 4.98 Å². The van der Waals surface area contributed by atoms with E-state index < -0.39 is 0 Å². The van der Waals surface area contributed by atoms with Crippen LogP contribution >= 0.6 is 0 Å². The van der Waals surface area contributed by atoms with Crippen LogP contribution in [0.2, 0.25) is 0 Å². The highest BCUT2D eigenvalue weighted by Crippen LogP contribution is 2.47. The van der Waals surface area contributed by atoms with E-state index in [1.54, 1.807) is 0 Å². The van der Waals surface area contributed by atoms with Gasteiger partial charge in [0.25, 0.3) is 0 Å². The SMILES string of the molecule is CC(C)(C)NCc1nc(C2(c3ccccc3)CCC2)no1. The number of rotatable bonds is 4. The van der Waals surface area contributed by atoms with Gasteiger partial charge in [0.05, 0.1) is 12.0 Å². The highest BCUT2D eigenvalue weighted by Gasteiger charge is 2.44. The molecule has 1 fully saturated rings. The van der Waals surface area contributed by atoms with Crippen molar-refractivity contribution < 1.29 is 4.52 Å². The fraction of sp³-hybridized carbons (Fsp3) is 0.529. The smallest absolute Gasteiger partial charge is 0.240 e. The van der Waals surface area contributed by atoms with Crippen molar-refractivity contribution in [1.82, 2.24) is 15.5 Å². The molecule has 4 heteroatoms. The Labute approximate surface area is 126 Å². The summed E-state index contributed by atoms with van der Waals surface area (Å²) in [7, 11) is 0. The first-order chi connectivity index (χ1) is 10.00. The number of nitrogens with one attached hydrogen (secondary N) is 1. The van der Waals surface area contributed by atoms with E-state index in [-0.39, 0.29) is 11.0 Å². The Morgan fingerprint density at radius 2 is 1.90 bits per heavy atom. The second-order valence-electron chi connectivity index (χ2n) is 6.92. The molecule has 0 amide bonds. The van der Waals surface area contributed by atoms with Crippen molar-refractivity contribution in [2.45, 2.75) is 57.5 Å². The lowest BCUT2D eigenvalue weighted by Gasteiger charge is -2.39.